The monoisotopic (exact) mass is 333 g/mol. The predicted molar refractivity (Wildman–Crippen MR) is 84.2 cm³/mol. The molecule has 2 fully saturated rings. The zero-order valence-electron chi connectivity index (χ0n) is 12.6. The van der Waals surface area contributed by atoms with Gasteiger partial charge in [-0.15, -0.1) is 0 Å². The number of carbonyl (C=O) groups excluding carboxylic acids is 2. The van der Waals surface area contributed by atoms with Crippen molar-refractivity contribution in [3.8, 4) is 0 Å². The molecule has 23 heavy (non-hydrogen) atoms. The molecule has 1 aromatic rings. The maximum Gasteiger partial charge on any atom is 0.312 e. The molecule has 3 aliphatic heterocycles. The van der Waals surface area contributed by atoms with Crippen molar-refractivity contribution in [1.29, 1.82) is 0 Å². The van der Waals surface area contributed by atoms with Gasteiger partial charge in [-0.3, -0.25) is 9.59 Å². The van der Waals surface area contributed by atoms with Gasteiger partial charge in [-0.2, -0.15) is 0 Å². The molecule has 2 bridgehead atoms. The fourth-order valence-corrected chi connectivity index (χ4v) is 4.05. The van der Waals surface area contributed by atoms with E-state index in [2.05, 4.69) is 0 Å². The lowest BCUT2D eigenvalue weighted by Crippen LogP contribution is -2.40. The van der Waals surface area contributed by atoms with Crippen LogP contribution in [0.5, 0.6) is 0 Å². The van der Waals surface area contributed by atoms with Crippen LogP contribution in [-0.2, 0) is 19.1 Å². The third-order valence-electron chi connectivity index (χ3n) is 4.78. The molecule has 4 rings (SSSR count). The molecule has 0 aromatic heterocycles. The molecule has 1 aromatic carbocycles. The van der Waals surface area contributed by atoms with Crippen LogP contribution in [0.4, 0.5) is 5.69 Å². The Morgan fingerprint density at radius 3 is 3.09 bits per heavy atom. The van der Waals surface area contributed by atoms with Gasteiger partial charge in [0.15, 0.2) is 0 Å². The third kappa shape index (κ3) is 2.03. The number of esters is 1. The number of amides is 1. The normalized spacial score (nSPS) is 34.1. The number of anilines is 1. The van der Waals surface area contributed by atoms with Crippen molar-refractivity contribution in [3.05, 3.63) is 41.4 Å². The fraction of sp³-hybridized carbons (Fsp3) is 0.412. The molecule has 3 heterocycles. The van der Waals surface area contributed by atoms with Crippen LogP contribution in [0.3, 0.4) is 0 Å². The highest BCUT2D eigenvalue weighted by Gasteiger charge is 2.67. The van der Waals surface area contributed by atoms with Gasteiger partial charge in [-0.05, 0) is 25.1 Å². The standard InChI is InChI=1S/C17H16ClNO4/c1-2-22-16(21)13-12-6-7-17(23-12)9-19(15(20)14(13)17)11-5-3-4-10(18)8-11/h3-8,12-14H,2,9H2,1H3/t12-,13-,14+,17+/m1/s1. The van der Waals surface area contributed by atoms with Gasteiger partial charge in [0.05, 0.1) is 25.2 Å². The fourth-order valence-electron chi connectivity index (χ4n) is 3.87. The second-order valence-electron chi connectivity index (χ2n) is 6.06. The van der Waals surface area contributed by atoms with Crippen LogP contribution in [0.1, 0.15) is 6.92 Å². The molecule has 3 aliphatic rings. The largest absolute Gasteiger partial charge is 0.466 e. The Morgan fingerprint density at radius 2 is 2.35 bits per heavy atom. The minimum atomic E-state index is -0.735. The summed E-state index contributed by atoms with van der Waals surface area (Å²) in [4.78, 5) is 26.9. The number of carbonyl (C=O) groups is 2. The lowest BCUT2D eigenvalue weighted by Gasteiger charge is -2.22. The SMILES string of the molecule is CCOC(=O)[C@H]1[C@H]2C(=O)N(c3cccc(Cl)c3)C[C@@]23C=C[C@H]1O3. The van der Waals surface area contributed by atoms with Crippen LogP contribution in [0.25, 0.3) is 0 Å². The quantitative estimate of drug-likeness (QED) is 0.628. The zero-order valence-corrected chi connectivity index (χ0v) is 13.3. The second kappa shape index (κ2) is 5.08. The molecule has 0 radical (unpaired) electrons. The molecule has 1 amide bonds. The first kappa shape index (κ1) is 14.7. The van der Waals surface area contributed by atoms with E-state index in [1.807, 2.05) is 18.2 Å². The summed E-state index contributed by atoms with van der Waals surface area (Å²) in [6.45, 7) is 2.43. The van der Waals surface area contributed by atoms with Crippen LogP contribution in [0.15, 0.2) is 36.4 Å². The number of ether oxygens (including phenoxy) is 2. The summed E-state index contributed by atoms with van der Waals surface area (Å²) in [7, 11) is 0. The molecular formula is C17H16ClNO4. The Labute approximate surface area is 138 Å². The van der Waals surface area contributed by atoms with Gasteiger partial charge in [0.1, 0.15) is 11.5 Å². The highest BCUT2D eigenvalue weighted by atomic mass is 35.5. The van der Waals surface area contributed by atoms with Crippen LogP contribution in [-0.4, -0.2) is 36.7 Å². The van der Waals surface area contributed by atoms with Crippen molar-refractivity contribution in [2.24, 2.45) is 11.8 Å². The Bertz CT molecular complexity index is 718. The summed E-state index contributed by atoms with van der Waals surface area (Å²) in [6.07, 6.45) is 3.41. The second-order valence-corrected chi connectivity index (χ2v) is 6.49. The molecule has 0 saturated carbocycles. The van der Waals surface area contributed by atoms with Crippen molar-refractivity contribution < 1.29 is 19.1 Å². The van der Waals surface area contributed by atoms with Gasteiger partial charge in [-0.1, -0.05) is 29.8 Å². The topological polar surface area (TPSA) is 55.8 Å². The van der Waals surface area contributed by atoms with E-state index in [4.69, 9.17) is 21.1 Å². The maximum absolute atomic E-state index is 13.0. The molecule has 5 nitrogen and oxygen atoms in total. The molecule has 2 saturated heterocycles. The lowest BCUT2D eigenvalue weighted by atomic mass is 9.77. The number of benzene rings is 1. The van der Waals surface area contributed by atoms with E-state index in [0.717, 1.165) is 0 Å². The van der Waals surface area contributed by atoms with Gasteiger partial charge in [-0.25, -0.2) is 0 Å². The van der Waals surface area contributed by atoms with Gasteiger partial charge >= 0.3 is 5.97 Å². The first-order valence-corrected chi connectivity index (χ1v) is 8.04. The van der Waals surface area contributed by atoms with E-state index in [0.29, 0.717) is 17.3 Å². The van der Waals surface area contributed by atoms with Crippen molar-refractivity contribution in [3.63, 3.8) is 0 Å². The molecule has 0 aliphatic carbocycles. The van der Waals surface area contributed by atoms with E-state index in [1.165, 1.54) is 0 Å². The third-order valence-corrected chi connectivity index (χ3v) is 5.01. The molecular weight excluding hydrogens is 318 g/mol. The van der Waals surface area contributed by atoms with Crippen molar-refractivity contribution in [2.45, 2.75) is 18.6 Å². The summed E-state index contributed by atoms with van der Waals surface area (Å²) in [5.74, 6) is -1.58. The summed E-state index contributed by atoms with van der Waals surface area (Å²) in [5, 5.41) is 0.563. The number of nitrogens with zero attached hydrogens (tertiary/aromatic N) is 1. The Kier molecular flexibility index (Phi) is 3.25. The number of hydrogen-bond acceptors (Lipinski definition) is 4. The van der Waals surface area contributed by atoms with Crippen LogP contribution in [0, 0.1) is 11.8 Å². The van der Waals surface area contributed by atoms with E-state index in [-0.39, 0.29) is 24.6 Å². The summed E-state index contributed by atoms with van der Waals surface area (Å²) < 4.78 is 11.2. The van der Waals surface area contributed by atoms with E-state index < -0.39 is 17.4 Å². The summed E-state index contributed by atoms with van der Waals surface area (Å²) in [6, 6.07) is 7.13. The number of hydrogen-bond donors (Lipinski definition) is 0. The summed E-state index contributed by atoms with van der Waals surface area (Å²) in [5.41, 5.74) is -0.0177. The minimum absolute atomic E-state index is 0.114. The number of halogens is 1. The maximum atomic E-state index is 13.0. The van der Waals surface area contributed by atoms with E-state index >= 15 is 0 Å². The van der Waals surface area contributed by atoms with Crippen LogP contribution in [0.2, 0.25) is 5.02 Å². The lowest BCUT2D eigenvalue weighted by molar-refractivity contribution is -0.151. The van der Waals surface area contributed by atoms with Crippen LogP contribution >= 0.6 is 11.6 Å². The van der Waals surface area contributed by atoms with Crippen LogP contribution < -0.4 is 4.90 Å². The average molecular weight is 334 g/mol. The van der Waals surface area contributed by atoms with Crippen molar-refractivity contribution in [1.82, 2.24) is 0 Å². The molecule has 120 valence electrons. The molecule has 0 N–H and O–H groups in total. The predicted octanol–water partition coefficient (Wildman–Crippen LogP) is 2.19. The van der Waals surface area contributed by atoms with Gasteiger partial charge < -0.3 is 14.4 Å². The highest BCUT2D eigenvalue weighted by Crippen LogP contribution is 2.52. The molecule has 0 unspecified atom stereocenters. The van der Waals surface area contributed by atoms with Gasteiger partial charge in [0, 0.05) is 10.7 Å². The van der Waals surface area contributed by atoms with Gasteiger partial charge in [0.25, 0.3) is 0 Å². The Balaban J connectivity index is 1.70. The van der Waals surface area contributed by atoms with Crippen molar-refractivity contribution in [2.75, 3.05) is 18.1 Å². The first-order valence-electron chi connectivity index (χ1n) is 7.66. The molecule has 4 atom stereocenters. The summed E-state index contributed by atoms with van der Waals surface area (Å²) >= 11 is 6.03. The Morgan fingerprint density at radius 1 is 1.52 bits per heavy atom. The highest BCUT2D eigenvalue weighted by molar-refractivity contribution is 6.31. The van der Waals surface area contributed by atoms with Crippen molar-refractivity contribution >= 4 is 29.2 Å². The van der Waals surface area contributed by atoms with E-state index in [9.17, 15) is 9.59 Å². The first-order chi connectivity index (χ1) is 11.1. The van der Waals surface area contributed by atoms with Gasteiger partial charge in [0.2, 0.25) is 5.91 Å². The van der Waals surface area contributed by atoms with E-state index in [1.54, 1.807) is 30.0 Å². The molecule has 6 heteroatoms. The number of rotatable bonds is 3. The molecule has 1 spiro atoms. The number of fused-ring (bicyclic) bond motifs is 1. The Hall–Kier alpha value is -1.85. The zero-order chi connectivity index (χ0) is 16.2. The smallest absolute Gasteiger partial charge is 0.312 e. The minimum Gasteiger partial charge on any atom is -0.466 e. The average Bonchev–Trinajstić information content (AvgIpc) is 3.16.